The van der Waals surface area contributed by atoms with Gasteiger partial charge in [-0.1, -0.05) is 30.3 Å². The number of oxazole rings is 1. The summed E-state index contributed by atoms with van der Waals surface area (Å²) in [4.78, 5) is 27.9. The highest BCUT2D eigenvalue weighted by atomic mass is 16.4. The predicted molar refractivity (Wildman–Crippen MR) is 102 cm³/mol. The number of aryl methyl sites for hydroxylation is 1. The molecular weight excluding hydrogens is 342 g/mol. The van der Waals surface area contributed by atoms with Crippen LogP contribution in [0.2, 0.25) is 0 Å². The van der Waals surface area contributed by atoms with Crippen LogP contribution in [0.1, 0.15) is 27.4 Å². The molecule has 138 valence electrons. The third kappa shape index (κ3) is 4.82. The van der Waals surface area contributed by atoms with E-state index in [9.17, 15) is 9.59 Å². The van der Waals surface area contributed by atoms with Crippen molar-refractivity contribution in [3.63, 3.8) is 0 Å². The van der Waals surface area contributed by atoms with Crippen LogP contribution in [0.15, 0.2) is 59.0 Å². The Morgan fingerprint density at radius 2 is 1.89 bits per heavy atom. The van der Waals surface area contributed by atoms with Crippen molar-refractivity contribution in [3.8, 4) is 11.5 Å². The fourth-order valence-corrected chi connectivity index (χ4v) is 2.77. The van der Waals surface area contributed by atoms with Crippen molar-refractivity contribution >= 4 is 11.8 Å². The van der Waals surface area contributed by atoms with E-state index in [0.29, 0.717) is 24.4 Å². The Morgan fingerprint density at radius 3 is 2.63 bits per heavy atom. The Balaban J connectivity index is 1.54. The van der Waals surface area contributed by atoms with Gasteiger partial charge in [0, 0.05) is 24.1 Å². The molecule has 6 heteroatoms. The van der Waals surface area contributed by atoms with E-state index in [1.54, 1.807) is 24.3 Å². The fourth-order valence-electron chi connectivity index (χ4n) is 2.77. The molecule has 0 aliphatic rings. The van der Waals surface area contributed by atoms with Crippen LogP contribution in [0.4, 0.5) is 0 Å². The minimum atomic E-state index is -0.506. The number of amides is 2. The number of carbonyl (C=O) groups is 2. The van der Waals surface area contributed by atoms with Crippen LogP contribution in [0.25, 0.3) is 11.5 Å². The van der Waals surface area contributed by atoms with E-state index >= 15 is 0 Å². The largest absolute Gasteiger partial charge is 0.441 e. The average Bonchev–Trinajstić information content (AvgIpc) is 3.03. The second-order valence-corrected chi connectivity index (χ2v) is 6.23. The van der Waals surface area contributed by atoms with Crippen molar-refractivity contribution in [1.82, 2.24) is 10.3 Å². The highest BCUT2D eigenvalue weighted by Gasteiger charge is 2.12. The first-order chi connectivity index (χ1) is 13.0. The van der Waals surface area contributed by atoms with Gasteiger partial charge in [-0.25, -0.2) is 4.98 Å². The number of nitrogens with one attached hydrogen (secondary N) is 1. The smallest absolute Gasteiger partial charge is 0.248 e. The lowest BCUT2D eigenvalue weighted by Gasteiger charge is -2.05. The van der Waals surface area contributed by atoms with Crippen molar-refractivity contribution in [2.24, 2.45) is 5.73 Å². The van der Waals surface area contributed by atoms with Gasteiger partial charge >= 0.3 is 0 Å². The monoisotopic (exact) mass is 363 g/mol. The Morgan fingerprint density at radius 1 is 1.11 bits per heavy atom. The zero-order valence-corrected chi connectivity index (χ0v) is 15.1. The van der Waals surface area contributed by atoms with Gasteiger partial charge in [-0.3, -0.25) is 9.59 Å². The molecule has 0 atom stereocenters. The number of rotatable bonds is 7. The molecule has 0 saturated heterocycles. The zero-order chi connectivity index (χ0) is 19.2. The van der Waals surface area contributed by atoms with E-state index in [1.807, 2.05) is 37.3 Å². The lowest BCUT2D eigenvalue weighted by molar-refractivity contribution is -0.120. The van der Waals surface area contributed by atoms with Gasteiger partial charge in [-0.15, -0.1) is 0 Å². The number of nitrogens with two attached hydrogens (primary N) is 1. The lowest BCUT2D eigenvalue weighted by atomic mass is 10.1. The van der Waals surface area contributed by atoms with Gasteiger partial charge in [0.15, 0.2) is 0 Å². The highest BCUT2D eigenvalue weighted by Crippen LogP contribution is 2.21. The third-order valence-corrected chi connectivity index (χ3v) is 4.17. The van der Waals surface area contributed by atoms with Crippen molar-refractivity contribution in [2.75, 3.05) is 6.54 Å². The first-order valence-corrected chi connectivity index (χ1v) is 8.70. The molecule has 0 aliphatic heterocycles. The number of nitrogens with zero attached hydrogens (tertiary/aromatic N) is 1. The summed E-state index contributed by atoms with van der Waals surface area (Å²) in [5, 5.41) is 2.87. The molecule has 0 spiro atoms. The quantitative estimate of drug-likeness (QED) is 0.674. The maximum Gasteiger partial charge on any atom is 0.248 e. The minimum Gasteiger partial charge on any atom is -0.441 e. The lowest BCUT2D eigenvalue weighted by Crippen LogP contribution is -2.27. The van der Waals surface area contributed by atoms with Crippen LogP contribution >= 0.6 is 0 Å². The Labute approximate surface area is 157 Å². The second kappa shape index (κ2) is 8.31. The third-order valence-electron chi connectivity index (χ3n) is 4.17. The molecular formula is C21H21N3O3. The van der Waals surface area contributed by atoms with E-state index < -0.39 is 5.91 Å². The van der Waals surface area contributed by atoms with Crippen LogP contribution in [-0.2, 0) is 17.6 Å². The van der Waals surface area contributed by atoms with Gasteiger partial charge in [-0.2, -0.15) is 0 Å². The van der Waals surface area contributed by atoms with Gasteiger partial charge in [0.1, 0.15) is 5.76 Å². The van der Waals surface area contributed by atoms with Crippen LogP contribution < -0.4 is 11.1 Å². The molecule has 0 fully saturated rings. The molecule has 27 heavy (non-hydrogen) atoms. The van der Waals surface area contributed by atoms with E-state index in [2.05, 4.69) is 10.3 Å². The molecule has 0 aliphatic carbocycles. The topological polar surface area (TPSA) is 98.2 Å². The van der Waals surface area contributed by atoms with Crippen molar-refractivity contribution in [1.29, 1.82) is 0 Å². The molecule has 3 N–H and O–H groups in total. The minimum absolute atomic E-state index is 0.124. The molecule has 0 radical (unpaired) electrons. The molecule has 2 aromatic carbocycles. The van der Waals surface area contributed by atoms with E-state index in [4.69, 9.17) is 10.2 Å². The highest BCUT2D eigenvalue weighted by molar-refractivity contribution is 5.93. The molecule has 1 aromatic heterocycles. The normalized spacial score (nSPS) is 10.6. The van der Waals surface area contributed by atoms with Crippen molar-refractivity contribution in [3.05, 3.63) is 77.2 Å². The maximum atomic E-state index is 12.1. The Bertz CT molecular complexity index is 948. The maximum absolute atomic E-state index is 12.1. The summed E-state index contributed by atoms with van der Waals surface area (Å²) < 4.78 is 5.72. The van der Waals surface area contributed by atoms with Crippen LogP contribution in [-0.4, -0.2) is 23.3 Å². The summed E-state index contributed by atoms with van der Waals surface area (Å²) in [5.41, 5.74) is 8.15. The van der Waals surface area contributed by atoms with Crippen LogP contribution in [0.3, 0.4) is 0 Å². The van der Waals surface area contributed by atoms with Crippen molar-refractivity contribution < 1.29 is 14.0 Å². The van der Waals surface area contributed by atoms with Crippen LogP contribution in [0, 0.1) is 6.92 Å². The summed E-state index contributed by atoms with van der Waals surface area (Å²) in [6.45, 7) is 2.32. The van der Waals surface area contributed by atoms with Gasteiger partial charge in [0.2, 0.25) is 17.7 Å². The zero-order valence-electron chi connectivity index (χ0n) is 15.1. The SMILES string of the molecule is Cc1oc(-c2ccccc2)nc1CCNC(=O)Cc1cccc(C(N)=O)c1. The summed E-state index contributed by atoms with van der Waals surface area (Å²) in [7, 11) is 0. The summed E-state index contributed by atoms with van der Waals surface area (Å²) in [6.07, 6.45) is 0.767. The second-order valence-electron chi connectivity index (χ2n) is 6.23. The van der Waals surface area contributed by atoms with Gasteiger partial charge in [-0.05, 0) is 36.8 Å². The summed E-state index contributed by atoms with van der Waals surface area (Å²) in [5.74, 6) is 0.698. The van der Waals surface area contributed by atoms with Gasteiger partial charge in [0.25, 0.3) is 0 Å². The molecule has 2 amide bonds. The average molecular weight is 363 g/mol. The first-order valence-electron chi connectivity index (χ1n) is 8.70. The molecule has 0 bridgehead atoms. The molecule has 3 aromatic rings. The first kappa shape index (κ1) is 18.4. The Kier molecular flexibility index (Phi) is 5.66. The number of hydrogen-bond acceptors (Lipinski definition) is 4. The molecule has 0 saturated carbocycles. The molecule has 1 heterocycles. The number of aromatic nitrogens is 1. The Hall–Kier alpha value is -3.41. The van der Waals surface area contributed by atoms with E-state index in [1.165, 1.54) is 0 Å². The standard InChI is InChI=1S/C21H21N3O3/c1-14-18(24-21(27-14)16-7-3-2-4-8-16)10-11-23-19(25)13-15-6-5-9-17(12-15)20(22)26/h2-9,12H,10-11,13H2,1H3,(H2,22,26)(H,23,25). The number of hydrogen-bond donors (Lipinski definition) is 2. The summed E-state index contributed by atoms with van der Waals surface area (Å²) in [6, 6.07) is 16.5. The van der Waals surface area contributed by atoms with Gasteiger partial charge in [0.05, 0.1) is 12.1 Å². The van der Waals surface area contributed by atoms with Gasteiger partial charge < -0.3 is 15.5 Å². The predicted octanol–water partition coefficient (Wildman–Crippen LogP) is 2.65. The molecule has 3 rings (SSSR count). The van der Waals surface area contributed by atoms with E-state index in [0.717, 1.165) is 22.6 Å². The number of benzene rings is 2. The molecule has 6 nitrogen and oxygen atoms in total. The van der Waals surface area contributed by atoms with E-state index in [-0.39, 0.29) is 12.3 Å². The van der Waals surface area contributed by atoms with Crippen molar-refractivity contribution in [2.45, 2.75) is 19.8 Å². The summed E-state index contributed by atoms with van der Waals surface area (Å²) >= 11 is 0. The fraction of sp³-hybridized carbons (Fsp3) is 0.190. The number of carbonyl (C=O) groups excluding carboxylic acids is 2. The number of primary amides is 1. The molecule has 0 unspecified atom stereocenters. The van der Waals surface area contributed by atoms with Crippen LogP contribution in [0.5, 0.6) is 0 Å².